The standard InChI is InChI=1S/C20H22F3N7S2/c1-2-25-18(31)29-28-17(14-8-10-15(24)11-9-14)16(13-6-4-3-5-7-13)27-30-19(32)26-12-20(21,22)23/h3-11H,2,12,24H2,1H3,(H2,25,29,31)(H2,26,30,32). The van der Waals surface area contributed by atoms with Crippen molar-refractivity contribution < 1.29 is 13.2 Å². The van der Waals surface area contributed by atoms with E-state index in [-0.39, 0.29) is 5.11 Å². The van der Waals surface area contributed by atoms with Crippen molar-refractivity contribution in [2.24, 2.45) is 10.2 Å². The van der Waals surface area contributed by atoms with Crippen LogP contribution in [0.2, 0.25) is 0 Å². The second-order valence-electron chi connectivity index (χ2n) is 6.29. The Balaban J connectivity index is 2.44. The highest BCUT2D eigenvalue weighted by atomic mass is 32.1. The van der Waals surface area contributed by atoms with Gasteiger partial charge in [-0.3, -0.25) is 10.9 Å². The average molecular weight is 482 g/mol. The minimum Gasteiger partial charge on any atom is -0.399 e. The van der Waals surface area contributed by atoms with Crippen LogP contribution in [0, 0.1) is 0 Å². The second-order valence-corrected chi connectivity index (χ2v) is 7.11. The molecule has 0 saturated carbocycles. The lowest BCUT2D eigenvalue weighted by atomic mass is 10.00. The van der Waals surface area contributed by atoms with Gasteiger partial charge in [0, 0.05) is 23.4 Å². The summed E-state index contributed by atoms with van der Waals surface area (Å²) in [5.74, 6) is 0. The van der Waals surface area contributed by atoms with Crippen LogP contribution in [0.25, 0.3) is 0 Å². The lowest BCUT2D eigenvalue weighted by Gasteiger charge is -2.14. The number of benzene rings is 2. The van der Waals surface area contributed by atoms with Gasteiger partial charge in [-0.25, -0.2) is 0 Å². The molecule has 0 fully saturated rings. The fourth-order valence-electron chi connectivity index (χ4n) is 2.38. The maximum atomic E-state index is 12.5. The number of nitrogens with one attached hydrogen (secondary N) is 4. The van der Waals surface area contributed by atoms with Gasteiger partial charge >= 0.3 is 6.18 Å². The normalized spacial score (nSPS) is 12.1. The quantitative estimate of drug-likeness (QED) is 0.180. The van der Waals surface area contributed by atoms with Gasteiger partial charge in [0.2, 0.25) is 0 Å². The van der Waals surface area contributed by atoms with Crippen molar-refractivity contribution in [3.63, 3.8) is 0 Å². The number of hydrogen-bond donors (Lipinski definition) is 5. The summed E-state index contributed by atoms with van der Waals surface area (Å²) in [6.07, 6.45) is -4.42. The molecule has 170 valence electrons. The number of anilines is 1. The highest BCUT2D eigenvalue weighted by molar-refractivity contribution is 7.80. The molecule has 0 unspecified atom stereocenters. The number of nitrogens with zero attached hydrogens (tertiary/aromatic N) is 2. The molecule has 0 amide bonds. The fourth-order valence-corrected chi connectivity index (χ4v) is 2.69. The number of thiocarbonyl (C=S) groups is 2. The number of alkyl halides is 3. The van der Waals surface area contributed by atoms with Crippen LogP contribution in [-0.4, -0.2) is 40.9 Å². The summed E-state index contributed by atoms with van der Waals surface area (Å²) in [4.78, 5) is 0. The maximum Gasteiger partial charge on any atom is 0.405 e. The van der Waals surface area contributed by atoms with Gasteiger partial charge in [-0.2, -0.15) is 23.4 Å². The van der Waals surface area contributed by atoms with Crippen molar-refractivity contribution in [2.75, 3.05) is 18.8 Å². The van der Waals surface area contributed by atoms with Crippen LogP contribution < -0.4 is 27.2 Å². The number of nitrogen functional groups attached to an aromatic ring is 1. The Labute approximate surface area is 194 Å². The Morgan fingerprint density at radius 3 is 1.84 bits per heavy atom. The van der Waals surface area contributed by atoms with Gasteiger partial charge in [-0.1, -0.05) is 42.5 Å². The van der Waals surface area contributed by atoms with Crippen molar-refractivity contribution in [1.82, 2.24) is 21.5 Å². The highest BCUT2D eigenvalue weighted by Gasteiger charge is 2.27. The third-order valence-electron chi connectivity index (χ3n) is 3.78. The van der Waals surface area contributed by atoms with Gasteiger partial charge in [0.25, 0.3) is 0 Å². The minimum absolute atomic E-state index is 0.288. The zero-order valence-electron chi connectivity index (χ0n) is 17.0. The van der Waals surface area contributed by atoms with E-state index in [2.05, 4.69) is 31.7 Å². The Kier molecular flexibility index (Phi) is 9.35. The fraction of sp³-hybridized carbons (Fsp3) is 0.200. The summed E-state index contributed by atoms with van der Waals surface area (Å²) in [6.45, 7) is 1.19. The van der Waals surface area contributed by atoms with Crippen molar-refractivity contribution in [3.05, 3.63) is 65.7 Å². The number of nitrogens with two attached hydrogens (primary N) is 1. The first-order valence-electron chi connectivity index (χ1n) is 9.41. The first-order valence-corrected chi connectivity index (χ1v) is 10.2. The van der Waals surface area contributed by atoms with E-state index in [0.717, 1.165) is 0 Å². The van der Waals surface area contributed by atoms with E-state index in [1.54, 1.807) is 48.5 Å². The van der Waals surface area contributed by atoms with Crippen LogP contribution in [0.15, 0.2) is 64.8 Å². The molecule has 7 nitrogen and oxygen atoms in total. The SMILES string of the molecule is CCNC(=S)NN=C(C(=NNC(=S)NCC(F)(F)F)c1ccccc1)c1ccc(N)cc1. The van der Waals surface area contributed by atoms with Crippen LogP contribution in [0.4, 0.5) is 18.9 Å². The summed E-state index contributed by atoms with van der Waals surface area (Å²) in [5, 5.41) is 13.6. The van der Waals surface area contributed by atoms with E-state index in [0.29, 0.717) is 39.9 Å². The molecule has 0 heterocycles. The Morgan fingerprint density at radius 2 is 1.34 bits per heavy atom. The smallest absolute Gasteiger partial charge is 0.399 e. The van der Waals surface area contributed by atoms with Gasteiger partial charge < -0.3 is 16.4 Å². The summed E-state index contributed by atoms with van der Waals surface area (Å²) in [6, 6.07) is 15.8. The maximum absolute atomic E-state index is 12.5. The van der Waals surface area contributed by atoms with E-state index in [9.17, 15) is 13.2 Å². The molecule has 32 heavy (non-hydrogen) atoms. The van der Waals surface area contributed by atoms with E-state index < -0.39 is 12.7 Å². The van der Waals surface area contributed by atoms with E-state index in [1.807, 2.05) is 13.0 Å². The molecule has 0 aliphatic carbocycles. The Bertz CT molecular complexity index is 975. The molecule has 2 aromatic carbocycles. The lowest BCUT2D eigenvalue weighted by molar-refractivity contribution is -0.122. The zero-order valence-corrected chi connectivity index (χ0v) is 18.7. The minimum atomic E-state index is -4.42. The van der Waals surface area contributed by atoms with E-state index >= 15 is 0 Å². The molecule has 12 heteroatoms. The highest BCUT2D eigenvalue weighted by Crippen LogP contribution is 2.13. The van der Waals surface area contributed by atoms with Gasteiger partial charge in [-0.15, -0.1) is 0 Å². The van der Waals surface area contributed by atoms with Crippen molar-refractivity contribution in [2.45, 2.75) is 13.1 Å². The molecular weight excluding hydrogens is 459 g/mol. The number of halogens is 3. The third-order valence-corrected chi connectivity index (χ3v) is 4.25. The zero-order chi connectivity index (χ0) is 23.6. The summed E-state index contributed by atoms with van der Waals surface area (Å²) in [7, 11) is 0. The topological polar surface area (TPSA) is 98.9 Å². The van der Waals surface area contributed by atoms with Crippen LogP contribution in [0.5, 0.6) is 0 Å². The molecule has 0 radical (unpaired) electrons. The van der Waals surface area contributed by atoms with Crippen LogP contribution in [-0.2, 0) is 0 Å². The van der Waals surface area contributed by atoms with Gasteiger partial charge in [0.15, 0.2) is 10.2 Å². The molecule has 0 atom stereocenters. The van der Waals surface area contributed by atoms with E-state index in [4.69, 9.17) is 30.2 Å². The van der Waals surface area contributed by atoms with Crippen LogP contribution >= 0.6 is 24.4 Å². The van der Waals surface area contributed by atoms with Crippen molar-refractivity contribution in [3.8, 4) is 0 Å². The predicted molar refractivity (Wildman–Crippen MR) is 130 cm³/mol. The van der Waals surface area contributed by atoms with Crippen molar-refractivity contribution >= 4 is 51.8 Å². The molecule has 6 N–H and O–H groups in total. The van der Waals surface area contributed by atoms with E-state index in [1.165, 1.54) is 0 Å². The monoisotopic (exact) mass is 481 g/mol. The number of hydrogen-bond acceptors (Lipinski definition) is 5. The lowest BCUT2D eigenvalue weighted by Crippen LogP contribution is -2.39. The van der Waals surface area contributed by atoms with Crippen LogP contribution in [0.3, 0.4) is 0 Å². The molecular formula is C20H22F3N7S2. The first-order chi connectivity index (χ1) is 15.2. The van der Waals surface area contributed by atoms with Gasteiger partial charge in [0.05, 0.1) is 0 Å². The van der Waals surface area contributed by atoms with Gasteiger partial charge in [0.1, 0.15) is 18.0 Å². The summed E-state index contributed by atoms with van der Waals surface area (Å²) >= 11 is 10.1. The summed E-state index contributed by atoms with van der Waals surface area (Å²) in [5.41, 5.74) is 13.5. The molecule has 2 aromatic rings. The number of hydrazone groups is 2. The second kappa shape index (κ2) is 12.0. The third kappa shape index (κ3) is 8.47. The molecule has 0 spiro atoms. The molecule has 0 bridgehead atoms. The largest absolute Gasteiger partial charge is 0.405 e. The number of rotatable bonds is 7. The molecule has 0 saturated heterocycles. The van der Waals surface area contributed by atoms with Crippen molar-refractivity contribution in [1.29, 1.82) is 0 Å². The Morgan fingerprint density at radius 1 is 0.844 bits per heavy atom. The Hall–Kier alpha value is -3.25. The molecule has 0 aromatic heterocycles. The molecule has 0 aliphatic heterocycles. The average Bonchev–Trinajstić information content (AvgIpc) is 2.75. The molecule has 2 rings (SSSR count). The molecule has 0 aliphatic rings. The predicted octanol–water partition coefficient (Wildman–Crippen LogP) is 2.89. The summed E-state index contributed by atoms with van der Waals surface area (Å²) < 4.78 is 37.4. The van der Waals surface area contributed by atoms with Gasteiger partial charge in [-0.05, 0) is 43.5 Å². The first kappa shape index (κ1) is 25.0. The van der Waals surface area contributed by atoms with Crippen LogP contribution in [0.1, 0.15) is 18.1 Å².